The van der Waals surface area contributed by atoms with E-state index in [1.807, 2.05) is 24.3 Å². The lowest BCUT2D eigenvalue weighted by molar-refractivity contribution is 0.00415. The summed E-state index contributed by atoms with van der Waals surface area (Å²) in [6.07, 6.45) is -4.35. The molecule has 3 aromatic rings. The number of carboxylic acids is 1. The molecular weight excluding hydrogens is 434 g/mol. The van der Waals surface area contributed by atoms with Crippen LogP contribution in [0.25, 0.3) is 10.2 Å². The van der Waals surface area contributed by atoms with Gasteiger partial charge in [-0.05, 0) is 29.8 Å². The topological polar surface area (TPSA) is 143 Å². The number of fused-ring (bicyclic) bond motifs is 1. The predicted octanol–water partition coefficient (Wildman–Crippen LogP) is 4.59. The number of para-hydroxylation sites is 1. The number of carbonyl (C=O) groups is 3. The van der Waals surface area contributed by atoms with E-state index in [1.165, 1.54) is 47.4 Å². The first-order chi connectivity index (χ1) is 14.3. The summed E-state index contributed by atoms with van der Waals surface area (Å²) in [5.74, 6) is -1.11. The number of carboxylic acid groups (broad SMARTS) is 3. The minimum atomic E-state index is -1.59. The van der Waals surface area contributed by atoms with Crippen LogP contribution in [0, 0.1) is 0 Å². The number of thioether (sulfide) groups is 1. The Morgan fingerprint density at radius 3 is 2.30 bits per heavy atom. The SMILES string of the molecule is O=C(O)OCC(OC(=O)O)C(Sc1nc2ccccc2s1)c1ccc(C(=O)O)cc1. The van der Waals surface area contributed by atoms with Gasteiger partial charge in [0.1, 0.15) is 6.61 Å². The van der Waals surface area contributed by atoms with Crippen molar-refractivity contribution in [2.75, 3.05) is 6.61 Å². The van der Waals surface area contributed by atoms with Crippen LogP contribution in [0.3, 0.4) is 0 Å². The fourth-order valence-electron chi connectivity index (χ4n) is 2.65. The highest BCUT2D eigenvalue weighted by atomic mass is 32.2. The molecule has 11 heteroatoms. The molecule has 156 valence electrons. The minimum absolute atomic E-state index is 0.0555. The van der Waals surface area contributed by atoms with E-state index in [1.54, 1.807) is 0 Å². The highest BCUT2D eigenvalue weighted by Crippen LogP contribution is 2.42. The number of ether oxygens (including phenoxy) is 2. The van der Waals surface area contributed by atoms with Crippen LogP contribution in [0.1, 0.15) is 21.2 Å². The van der Waals surface area contributed by atoms with E-state index in [0.29, 0.717) is 9.90 Å². The van der Waals surface area contributed by atoms with Crippen LogP contribution in [-0.2, 0) is 9.47 Å². The number of aromatic carboxylic acids is 1. The first-order valence-corrected chi connectivity index (χ1v) is 10.1. The van der Waals surface area contributed by atoms with Gasteiger partial charge < -0.3 is 24.8 Å². The molecule has 0 spiro atoms. The highest BCUT2D eigenvalue weighted by Gasteiger charge is 2.31. The number of hydrogen-bond acceptors (Lipinski definition) is 8. The molecule has 2 atom stereocenters. The van der Waals surface area contributed by atoms with E-state index in [-0.39, 0.29) is 5.56 Å². The summed E-state index contributed by atoms with van der Waals surface area (Å²) < 4.78 is 11.0. The van der Waals surface area contributed by atoms with Crippen molar-refractivity contribution in [3.8, 4) is 0 Å². The monoisotopic (exact) mass is 449 g/mol. The van der Waals surface area contributed by atoms with Crippen molar-refractivity contribution in [1.82, 2.24) is 4.98 Å². The van der Waals surface area contributed by atoms with Gasteiger partial charge in [0.2, 0.25) is 0 Å². The summed E-state index contributed by atoms with van der Waals surface area (Å²) >= 11 is 2.57. The second-order valence-corrected chi connectivity index (χ2v) is 8.33. The maximum absolute atomic E-state index is 11.2. The van der Waals surface area contributed by atoms with Crippen LogP contribution in [0.5, 0.6) is 0 Å². The number of thiazole rings is 1. The smallest absolute Gasteiger partial charge is 0.478 e. The van der Waals surface area contributed by atoms with E-state index in [0.717, 1.165) is 10.2 Å². The molecule has 0 aliphatic rings. The summed E-state index contributed by atoms with van der Waals surface area (Å²) in [6, 6.07) is 13.2. The largest absolute Gasteiger partial charge is 0.506 e. The molecule has 2 unspecified atom stereocenters. The zero-order valence-electron chi connectivity index (χ0n) is 15.1. The Labute approximate surface area is 177 Å². The normalized spacial score (nSPS) is 12.8. The summed E-state index contributed by atoms with van der Waals surface area (Å²) in [4.78, 5) is 37.7. The molecule has 0 aliphatic carbocycles. The standard InChI is InChI=1S/C19H15NO8S2/c21-16(22)11-7-5-10(6-8-11)15(13(28-19(25)26)9-27-18(23)24)30-17-20-12-3-1-2-4-14(12)29-17/h1-8,13,15H,9H2,(H,21,22)(H,23,24)(H,25,26). The molecule has 9 nitrogen and oxygen atoms in total. The van der Waals surface area contributed by atoms with Crippen molar-refractivity contribution >= 4 is 51.6 Å². The molecule has 0 fully saturated rings. The minimum Gasteiger partial charge on any atom is -0.478 e. The first kappa shape index (κ1) is 21.4. The fraction of sp³-hybridized carbons (Fsp3) is 0.158. The molecule has 0 amide bonds. The zero-order chi connectivity index (χ0) is 21.7. The van der Waals surface area contributed by atoms with E-state index in [4.69, 9.17) is 20.1 Å². The molecule has 0 aliphatic heterocycles. The van der Waals surface area contributed by atoms with Crippen LogP contribution in [0.2, 0.25) is 0 Å². The molecular formula is C19H15NO8S2. The Bertz CT molecular complexity index is 1030. The lowest BCUT2D eigenvalue weighted by Gasteiger charge is -2.24. The van der Waals surface area contributed by atoms with Crippen molar-refractivity contribution in [2.45, 2.75) is 15.7 Å². The van der Waals surface area contributed by atoms with Gasteiger partial charge in [0.05, 0.1) is 21.0 Å². The lowest BCUT2D eigenvalue weighted by Crippen LogP contribution is -2.29. The molecule has 30 heavy (non-hydrogen) atoms. The van der Waals surface area contributed by atoms with Gasteiger partial charge in [-0.1, -0.05) is 36.0 Å². The molecule has 1 aromatic heterocycles. The molecule has 3 N–H and O–H groups in total. The van der Waals surface area contributed by atoms with Gasteiger partial charge in [0.15, 0.2) is 10.4 Å². The van der Waals surface area contributed by atoms with Crippen molar-refractivity contribution < 1.29 is 39.2 Å². The fourth-order valence-corrected chi connectivity index (χ4v) is 5.07. The second kappa shape index (κ2) is 9.46. The van der Waals surface area contributed by atoms with Crippen LogP contribution >= 0.6 is 23.1 Å². The third kappa shape index (κ3) is 5.39. The Hall–Kier alpha value is -3.31. The van der Waals surface area contributed by atoms with Crippen molar-refractivity contribution in [2.24, 2.45) is 0 Å². The molecule has 3 rings (SSSR count). The van der Waals surface area contributed by atoms with Gasteiger partial charge in [-0.15, -0.1) is 11.3 Å². The highest BCUT2D eigenvalue weighted by molar-refractivity contribution is 8.01. The molecule has 0 bridgehead atoms. The number of rotatable bonds is 8. The first-order valence-electron chi connectivity index (χ1n) is 8.44. The van der Waals surface area contributed by atoms with Gasteiger partial charge in [0, 0.05) is 0 Å². The van der Waals surface area contributed by atoms with Gasteiger partial charge in [-0.25, -0.2) is 19.4 Å². The van der Waals surface area contributed by atoms with Gasteiger partial charge >= 0.3 is 18.3 Å². The maximum Gasteiger partial charge on any atom is 0.506 e. The second-order valence-electron chi connectivity index (χ2n) is 5.91. The van der Waals surface area contributed by atoms with Crippen LogP contribution in [0.15, 0.2) is 52.9 Å². The Morgan fingerprint density at radius 2 is 1.70 bits per heavy atom. The summed E-state index contributed by atoms with van der Waals surface area (Å²) in [5.41, 5.74) is 1.35. The van der Waals surface area contributed by atoms with E-state index >= 15 is 0 Å². The Kier molecular flexibility index (Phi) is 6.75. The molecule has 0 radical (unpaired) electrons. The number of benzene rings is 2. The van der Waals surface area contributed by atoms with Crippen molar-refractivity contribution in [3.63, 3.8) is 0 Å². The lowest BCUT2D eigenvalue weighted by atomic mass is 10.1. The number of hydrogen-bond donors (Lipinski definition) is 3. The summed E-state index contributed by atoms with van der Waals surface area (Å²) in [6.45, 7) is -0.537. The molecule has 2 aromatic carbocycles. The van der Waals surface area contributed by atoms with E-state index in [2.05, 4.69) is 9.72 Å². The molecule has 1 heterocycles. The van der Waals surface area contributed by atoms with Gasteiger partial charge in [-0.2, -0.15) is 0 Å². The maximum atomic E-state index is 11.2. The van der Waals surface area contributed by atoms with E-state index < -0.39 is 36.2 Å². The third-order valence-electron chi connectivity index (χ3n) is 3.95. The summed E-state index contributed by atoms with van der Waals surface area (Å²) in [5, 5.41) is 26.3. The Balaban J connectivity index is 1.97. The van der Waals surface area contributed by atoms with Gasteiger partial charge in [0.25, 0.3) is 0 Å². The number of nitrogens with zero attached hydrogens (tertiary/aromatic N) is 1. The van der Waals surface area contributed by atoms with Gasteiger partial charge in [-0.3, -0.25) is 0 Å². The molecule has 0 saturated carbocycles. The van der Waals surface area contributed by atoms with Crippen LogP contribution < -0.4 is 0 Å². The van der Waals surface area contributed by atoms with Crippen molar-refractivity contribution in [1.29, 1.82) is 0 Å². The molecule has 0 saturated heterocycles. The van der Waals surface area contributed by atoms with Crippen LogP contribution in [-0.4, -0.2) is 51.3 Å². The number of aromatic nitrogens is 1. The van der Waals surface area contributed by atoms with Crippen molar-refractivity contribution in [3.05, 3.63) is 59.7 Å². The zero-order valence-corrected chi connectivity index (χ0v) is 16.8. The average Bonchev–Trinajstić information content (AvgIpc) is 3.12. The average molecular weight is 449 g/mol. The van der Waals surface area contributed by atoms with Crippen LogP contribution in [0.4, 0.5) is 9.59 Å². The predicted molar refractivity (Wildman–Crippen MR) is 108 cm³/mol. The summed E-state index contributed by atoms with van der Waals surface area (Å²) in [7, 11) is 0. The quantitative estimate of drug-likeness (QED) is 0.330. The van der Waals surface area contributed by atoms with E-state index in [9.17, 15) is 14.4 Å². The Morgan fingerprint density at radius 1 is 1.00 bits per heavy atom. The third-order valence-corrected chi connectivity index (χ3v) is 6.44.